The lowest BCUT2D eigenvalue weighted by Crippen LogP contribution is -2.45. The molecule has 0 aliphatic heterocycles. The number of esters is 1. The van der Waals surface area contributed by atoms with Crippen molar-refractivity contribution in [1.29, 1.82) is 0 Å². The van der Waals surface area contributed by atoms with Crippen molar-refractivity contribution in [3.05, 3.63) is 46.0 Å². The fourth-order valence-corrected chi connectivity index (χ4v) is 3.09. The number of nitro benzene ring substituents is 1. The summed E-state index contributed by atoms with van der Waals surface area (Å²) in [5.41, 5.74) is 0.606. The zero-order chi connectivity index (χ0) is 19.1. The summed E-state index contributed by atoms with van der Waals surface area (Å²) >= 11 is 0. The van der Waals surface area contributed by atoms with Crippen LogP contribution in [-0.4, -0.2) is 29.4 Å². The molecule has 3 atom stereocenters. The van der Waals surface area contributed by atoms with E-state index in [4.69, 9.17) is 4.74 Å². The van der Waals surface area contributed by atoms with Crippen LogP contribution in [0.25, 0.3) is 6.08 Å². The van der Waals surface area contributed by atoms with E-state index in [0.29, 0.717) is 17.4 Å². The third-order valence-electron chi connectivity index (χ3n) is 4.91. The van der Waals surface area contributed by atoms with E-state index < -0.39 is 10.9 Å². The van der Waals surface area contributed by atoms with Crippen LogP contribution >= 0.6 is 0 Å². The second kappa shape index (κ2) is 9.12. The molecule has 1 fully saturated rings. The number of amides is 1. The van der Waals surface area contributed by atoms with E-state index in [0.717, 1.165) is 12.8 Å². The number of carbonyl (C=O) groups is 2. The first kappa shape index (κ1) is 19.6. The van der Waals surface area contributed by atoms with E-state index in [1.807, 2.05) is 0 Å². The first-order valence-electron chi connectivity index (χ1n) is 8.75. The van der Waals surface area contributed by atoms with Gasteiger partial charge in [0.25, 0.3) is 11.6 Å². The highest BCUT2D eigenvalue weighted by Gasteiger charge is 2.28. The quantitative estimate of drug-likeness (QED) is 0.364. The molecule has 3 unspecified atom stereocenters. The summed E-state index contributed by atoms with van der Waals surface area (Å²) in [7, 11) is 0. The SMILES string of the molecule is CC1CCCC(NC(=O)COC(=O)C=Cc2ccc([N+](=O)[O-])cc2)C1C. The summed E-state index contributed by atoms with van der Waals surface area (Å²) < 4.78 is 4.95. The van der Waals surface area contributed by atoms with Gasteiger partial charge in [0.2, 0.25) is 0 Å². The van der Waals surface area contributed by atoms with Gasteiger partial charge in [-0.2, -0.15) is 0 Å². The van der Waals surface area contributed by atoms with Crippen molar-refractivity contribution in [1.82, 2.24) is 5.32 Å². The Labute approximate surface area is 152 Å². The van der Waals surface area contributed by atoms with Gasteiger partial charge in [-0.1, -0.05) is 26.7 Å². The highest BCUT2D eigenvalue weighted by atomic mass is 16.6. The van der Waals surface area contributed by atoms with E-state index >= 15 is 0 Å². The van der Waals surface area contributed by atoms with Gasteiger partial charge in [0.1, 0.15) is 0 Å². The number of hydrogen-bond acceptors (Lipinski definition) is 5. The van der Waals surface area contributed by atoms with Gasteiger partial charge >= 0.3 is 5.97 Å². The molecule has 0 spiro atoms. The summed E-state index contributed by atoms with van der Waals surface area (Å²) in [5, 5.41) is 13.5. The molecule has 0 heterocycles. The minimum Gasteiger partial charge on any atom is -0.452 e. The monoisotopic (exact) mass is 360 g/mol. The molecule has 7 nitrogen and oxygen atoms in total. The number of ether oxygens (including phenoxy) is 1. The average molecular weight is 360 g/mol. The third kappa shape index (κ3) is 5.68. The van der Waals surface area contributed by atoms with E-state index in [9.17, 15) is 19.7 Å². The van der Waals surface area contributed by atoms with E-state index in [-0.39, 0.29) is 24.2 Å². The fourth-order valence-electron chi connectivity index (χ4n) is 3.09. The van der Waals surface area contributed by atoms with Gasteiger partial charge in [-0.3, -0.25) is 14.9 Å². The Bertz CT molecular complexity index is 684. The second-order valence-electron chi connectivity index (χ2n) is 6.73. The molecular weight excluding hydrogens is 336 g/mol. The predicted molar refractivity (Wildman–Crippen MR) is 97.2 cm³/mol. The lowest BCUT2D eigenvalue weighted by Gasteiger charge is -2.34. The Balaban J connectivity index is 1.77. The van der Waals surface area contributed by atoms with Gasteiger partial charge in [0.05, 0.1) is 4.92 Å². The number of benzene rings is 1. The Hall–Kier alpha value is -2.70. The number of non-ortho nitro benzene ring substituents is 1. The Morgan fingerprint density at radius 3 is 2.62 bits per heavy atom. The van der Waals surface area contributed by atoms with Gasteiger partial charge in [-0.15, -0.1) is 0 Å². The highest BCUT2D eigenvalue weighted by molar-refractivity contribution is 5.89. The van der Waals surface area contributed by atoms with Crippen molar-refractivity contribution >= 4 is 23.6 Å². The van der Waals surface area contributed by atoms with Gasteiger partial charge in [0.15, 0.2) is 6.61 Å². The van der Waals surface area contributed by atoms with Crippen LogP contribution in [0, 0.1) is 22.0 Å². The maximum atomic E-state index is 12.0. The van der Waals surface area contributed by atoms with Crippen molar-refractivity contribution < 1.29 is 19.2 Å². The van der Waals surface area contributed by atoms with E-state index in [2.05, 4.69) is 19.2 Å². The van der Waals surface area contributed by atoms with Crippen LogP contribution in [0.3, 0.4) is 0 Å². The molecule has 1 N–H and O–H groups in total. The van der Waals surface area contributed by atoms with Gasteiger partial charge in [-0.25, -0.2) is 4.79 Å². The number of nitrogens with one attached hydrogen (secondary N) is 1. The molecule has 1 aromatic carbocycles. The summed E-state index contributed by atoms with van der Waals surface area (Å²) in [6.45, 7) is 4.00. The first-order valence-corrected chi connectivity index (χ1v) is 8.75. The minimum absolute atomic E-state index is 0.0207. The number of rotatable bonds is 6. The van der Waals surface area contributed by atoms with Gasteiger partial charge in [-0.05, 0) is 42.0 Å². The van der Waals surface area contributed by atoms with Crippen LogP contribution in [-0.2, 0) is 14.3 Å². The highest BCUT2D eigenvalue weighted by Crippen LogP contribution is 2.29. The van der Waals surface area contributed by atoms with E-state index in [1.54, 1.807) is 0 Å². The van der Waals surface area contributed by atoms with E-state index in [1.165, 1.54) is 42.8 Å². The zero-order valence-corrected chi connectivity index (χ0v) is 15.0. The minimum atomic E-state index is -0.636. The molecule has 1 amide bonds. The molecule has 2 rings (SSSR count). The lowest BCUT2D eigenvalue weighted by atomic mass is 9.78. The number of nitrogens with zero attached hydrogens (tertiary/aromatic N) is 1. The summed E-state index contributed by atoms with van der Waals surface area (Å²) in [4.78, 5) is 33.8. The van der Waals surface area contributed by atoms with Crippen molar-refractivity contribution in [3.63, 3.8) is 0 Å². The summed E-state index contributed by atoms with van der Waals surface area (Å²) in [5.74, 6) is 0.0447. The van der Waals surface area contributed by atoms with Crippen LogP contribution < -0.4 is 5.32 Å². The fraction of sp³-hybridized carbons (Fsp3) is 0.474. The molecule has 0 saturated heterocycles. The van der Waals surface area contributed by atoms with Crippen LogP contribution in [0.4, 0.5) is 5.69 Å². The van der Waals surface area contributed by atoms with Crippen molar-refractivity contribution in [2.24, 2.45) is 11.8 Å². The van der Waals surface area contributed by atoms with Crippen molar-refractivity contribution in [2.45, 2.75) is 39.2 Å². The summed E-state index contributed by atoms with van der Waals surface area (Å²) in [6.07, 6.45) is 5.89. The molecule has 1 aliphatic carbocycles. The van der Waals surface area contributed by atoms with Crippen LogP contribution in [0.15, 0.2) is 30.3 Å². The molecule has 1 aliphatic rings. The maximum absolute atomic E-state index is 12.0. The average Bonchev–Trinajstić information content (AvgIpc) is 2.62. The number of nitro groups is 1. The third-order valence-corrected chi connectivity index (χ3v) is 4.91. The van der Waals surface area contributed by atoms with Crippen LogP contribution in [0.1, 0.15) is 38.7 Å². The summed E-state index contributed by atoms with van der Waals surface area (Å²) in [6, 6.07) is 5.89. The van der Waals surface area contributed by atoms with Crippen molar-refractivity contribution in [3.8, 4) is 0 Å². The second-order valence-corrected chi connectivity index (χ2v) is 6.73. The molecule has 0 bridgehead atoms. The Kier molecular flexibility index (Phi) is 6.89. The molecule has 7 heteroatoms. The molecule has 140 valence electrons. The lowest BCUT2D eigenvalue weighted by molar-refractivity contribution is -0.384. The first-order chi connectivity index (χ1) is 12.4. The zero-order valence-electron chi connectivity index (χ0n) is 15.0. The Morgan fingerprint density at radius 1 is 1.27 bits per heavy atom. The predicted octanol–water partition coefficient (Wildman–Crippen LogP) is 3.09. The number of carbonyl (C=O) groups excluding carboxylic acids is 2. The van der Waals surface area contributed by atoms with Gasteiger partial charge in [0, 0.05) is 24.3 Å². The normalized spacial score (nSPS) is 22.8. The molecule has 1 saturated carbocycles. The molecule has 0 radical (unpaired) electrons. The topological polar surface area (TPSA) is 98.5 Å². The van der Waals surface area contributed by atoms with Crippen molar-refractivity contribution in [2.75, 3.05) is 6.61 Å². The smallest absolute Gasteiger partial charge is 0.331 e. The molecular formula is C19H24N2O5. The number of hydrogen-bond donors (Lipinski definition) is 1. The molecule has 0 aromatic heterocycles. The largest absolute Gasteiger partial charge is 0.452 e. The van der Waals surface area contributed by atoms with Gasteiger partial charge < -0.3 is 10.1 Å². The van der Waals surface area contributed by atoms with Crippen LogP contribution in [0.5, 0.6) is 0 Å². The molecule has 1 aromatic rings. The van der Waals surface area contributed by atoms with Crippen LogP contribution in [0.2, 0.25) is 0 Å². The molecule has 26 heavy (non-hydrogen) atoms. The Morgan fingerprint density at radius 2 is 1.96 bits per heavy atom. The standard InChI is InChI=1S/C19H24N2O5/c1-13-4-3-5-17(14(13)2)20-18(22)12-26-19(23)11-8-15-6-9-16(10-7-15)21(24)25/h6-11,13-14,17H,3-5,12H2,1-2H3,(H,20,22). The maximum Gasteiger partial charge on any atom is 0.331 e.